The van der Waals surface area contributed by atoms with Gasteiger partial charge in [-0.3, -0.25) is 14.3 Å². The molecule has 0 spiro atoms. The number of carbonyl (C=O) groups excluding carboxylic acids is 1. The van der Waals surface area contributed by atoms with E-state index in [9.17, 15) is 4.79 Å². The quantitative estimate of drug-likeness (QED) is 0.301. The van der Waals surface area contributed by atoms with Gasteiger partial charge < -0.3 is 10.1 Å². The highest BCUT2D eigenvalue weighted by molar-refractivity contribution is 7.99. The summed E-state index contributed by atoms with van der Waals surface area (Å²) < 4.78 is 7.52. The standard InChI is InChI=1S/C25H21N5O2S2/c1-16-14-19(17-8-3-4-9-18(17)26-16)27-23(31)15-34-25-29-28-24(22-12-7-13-33-22)30(25)20-10-5-6-11-21(20)32-2/h3-14H,15H2,1-2H3,(H,26,27,31). The number of carbonyl (C=O) groups is 1. The molecule has 0 aliphatic heterocycles. The van der Waals surface area contributed by atoms with Crippen molar-refractivity contribution in [2.24, 2.45) is 0 Å². The number of para-hydroxylation sites is 3. The summed E-state index contributed by atoms with van der Waals surface area (Å²) in [6, 6.07) is 21.3. The Kier molecular flexibility index (Phi) is 6.29. The third-order valence-electron chi connectivity index (χ3n) is 5.15. The van der Waals surface area contributed by atoms with Gasteiger partial charge in [0.05, 0.1) is 34.6 Å². The minimum absolute atomic E-state index is 0.131. The molecule has 3 heterocycles. The molecule has 1 N–H and O–H groups in total. The Morgan fingerprint density at radius 2 is 1.91 bits per heavy atom. The number of methoxy groups -OCH3 is 1. The summed E-state index contributed by atoms with van der Waals surface area (Å²) in [4.78, 5) is 18.4. The van der Waals surface area contributed by atoms with Crippen LogP contribution in [0.15, 0.2) is 77.3 Å². The van der Waals surface area contributed by atoms with Crippen molar-refractivity contribution in [3.63, 3.8) is 0 Å². The first-order valence-electron chi connectivity index (χ1n) is 10.6. The van der Waals surface area contributed by atoms with Gasteiger partial charge in [0.2, 0.25) is 5.91 Å². The zero-order valence-corrected chi connectivity index (χ0v) is 20.2. The second-order valence-electron chi connectivity index (χ2n) is 7.46. The van der Waals surface area contributed by atoms with Crippen molar-refractivity contribution in [3.05, 3.63) is 77.8 Å². The summed E-state index contributed by atoms with van der Waals surface area (Å²) in [6.07, 6.45) is 0. The number of thioether (sulfide) groups is 1. The van der Waals surface area contributed by atoms with Crippen LogP contribution in [0.2, 0.25) is 0 Å². The first-order chi connectivity index (χ1) is 16.6. The van der Waals surface area contributed by atoms with E-state index in [4.69, 9.17) is 4.74 Å². The maximum absolute atomic E-state index is 12.9. The number of hydrogen-bond donors (Lipinski definition) is 1. The SMILES string of the molecule is COc1ccccc1-n1c(SCC(=O)Nc2cc(C)nc3ccccc23)nnc1-c1cccs1. The normalized spacial score (nSPS) is 11.0. The number of hydrogen-bond acceptors (Lipinski definition) is 7. The fraction of sp³-hybridized carbons (Fsp3) is 0.120. The number of benzene rings is 2. The first-order valence-corrected chi connectivity index (χ1v) is 12.4. The Labute approximate surface area is 204 Å². The first kappa shape index (κ1) is 22.1. The van der Waals surface area contributed by atoms with Crippen LogP contribution < -0.4 is 10.1 Å². The molecule has 0 aliphatic rings. The lowest BCUT2D eigenvalue weighted by Gasteiger charge is -2.13. The molecule has 0 atom stereocenters. The highest BCUT2D eigenvalue weighted by atomic mass is 32.2. The Morgan fingerprint density at radius 1 is 1.09 bits per heavy atom. The highest BCUT2D eigenvalue weighted by Crippen LogP contribution is 2.34. The molecule has 5 rings (SSSR count). The number of ether oxygens (including phenoxy) is 1. The molecule has 5 aromatic rings. The number of nitrogens with one attached hydrogen (secondary N) is 1. The second-order valence-corrected chi connectivity index (χ2v) is 9.35. The van der Waals surface area contributed by atoms with Crippen LogP contribution in [0.25, 0.3) is 27.3 Å². The van der Waals surface area contributed by atoms with E-state index in [2.05, 4.69) is 20.5 Å². The summed E-state index contributed by atoms with van der Waals surface area (Å²) in [5, 5.41) is 15.4. The van der Waals surface area contributed by atoms with Gasteiger partial charge in [-0.25, -0.2) is 0 Å². The maximum Gasteiger partial charge on any atom is 0.234 e. The van der Waals surface area contributed by atoms with E-state index >= 15 is 0 Å². The molecule has 0 radical (unpaired) electrons. The van der Waals surface area contributed by atoms with Crippen molar-refractivity contribution >= 4 is 45.6 Å². The van der Waals surface area contributed by atoms with Crippen molar-refractivity contribution < 1.29 is 9.53 Å². The number of fused-ring (bicyclic) bond motifs is 1. The number of rotatable bonds is 7. The number of amides is 1. The van der Waals surface area contributed by atoms with E-state index < -0.39 is 0 Å². The van der Waals surface area contributed by atoms with Crippen LogP contribution >= 0.6 is 23.1 Å². The Morgan fingerprint density at radius 3 is 2.74 bits per heavy atom. The fourth-order valence-electron chi connectivity index (χ4n) is 3.69. The van der Waals surface area contributed by atoms with Gasteiger partial charge in [0.15, 0.2) is 11.0 Å². The lowest BCUT2D eigenvalue weighted by molar-refractivity contribution is -0.113. The average Bonchev–Trinajstić information content (AvgIpc) is 3.52. The molecule has 1 amide bonds. The summed E-state index contributed by atoms with van der Waals surface area (Å²) in [7, 11) is 1.63. The van der Waals surface area contributed by atoms with Crippen LogP contribution in [0.1, 0.15) is 5.69 Å². The Bertz CT molecular complexity index is 1460. The second kappa shape index (κ2) is 9.66. The fourth-order valence-corrected chi connectivity index (χ4v) is 5.13. The third-order valence-corrected chi connectivity index (χ3v) is 6.95. The van der Waals surface area contributed by atoms with Crippen molar-refractivity contribution in [3.8, 4) is 22.1 Å². The molecule has 0 bridgehead atoms. The summed E-state index contributed by atoms with van der Waals surface area (Å²) in [6.45, 7) is 1.92. The molecule has 0 saturated carbocycles. The molecule has 170 valence electrons. The van der Waals surface area contributed by atoms with E-state index in [1.54, 1.807) is 18.4 Å². The van der Waals surface area contributed by atoms with E-state index in [1.165, 1.54) is 11.8 Å². The van der Waals surface area contributed by atoms with Crippen LogP contribution in [0, 0.1) is 6.92 Å². The number of nitrogens with zero attached hydrogens (tertiary/aromatic N) is 4. The van der Waals surface area contributed by atoms with Gasteiger partial charge in [0.1, 0.15) is 5.75 Å². The molecular formula is C25H21N5O2S2. The molecule has 34 heavy (non-hydrogen) atoms. The number of anilines is 1. The average molecular weight is 488 g/mol. The molecule has 9 heteroatoms. The molecule has 3 aromatic heterocycles. The summed E-state index contributed by atoms with van der Waals surface area (Å²) in [5.74, 6) is 1.45. The minimum atomic E-state index is -0.131. The lowest BCUT2D eigenvalue weighted by atomic mass is 10.1. The van der Waals surface area contributed by atoms with Crippen LogP contribution in [0.4, 0.5) is 5.69 Å². The molecule has 2 aromatic carbocycles. The van der Waals surface area contributed by atoms with E-state index in [-0.39, 0.29) is 11.7 Å². The van der Waals surface area contributed by atoms with Crippen LogP contribution in [-0.2, 0) is 4.79 Å². The van der Waals surface area contributed by atoms with Crippen molar-refractivity contribution in [1.29, 1.82) is 0 Å². The van der Waals surface area contributed by atoms with E-state index in [0.29, 0.717) is 16.7 Å². The van der Waals surface area contributed by atoms with Crippen LogP contribution in [0.3, 0.4) is 0 Å². The van der Waals surface area contributed by atoms with Crippen LogP contribution in [0.5, 0.6) is 5.75 Å². The molecule has 0 aliphatic carbocycles. The van der Waals surface area contributed by atoms with Gasteiger partial charge in [-0.15, -0.1) is 21.5 Å². The van der Waals surface area contributed by atoms with Gasteiger partial charge >= 0.3 is 0 Å². The van der Waals surface area contributed by atoms with Crippen molar-refractivity contribution in [2.75, 3.05) is 18.2 Å². The van der Waals surface area contributed by atoms with Crippen molar-refractivity contribution in [2.45, 2.75) is 12.1 Å². The van der Waals surface area contributed by atoms with E-state index in [1.807, 2.05) is 83.6 Å². The van der Waals surface area contributed by atoms with Gasteiger partial charge in [0.25, 0.3) is 0 Å². The predicted molar refractivity (Wildman–Crippen MR) is 137 cm³/mol. The van der Waals surface area contributed by atoms with Crippen LogP contribution in [-0.4, -0.2) is 38.5 Å². The molecular weight excluding hydrogens is 466 g/mol. The molecule has 0 saturated heterocycles. The Hall–Kier alpha value is -3.69. The van der Waals surface area contributed by atoms with Gasteiger partial charge in [-0.05, 0) is 42.6 Å². The van der Waals surface area contributed by atoms with Gasteiger partial charge in [-0.1, -0.05) is 48.2 Å². The molecule has 0 fully saturated rings. The topological polar surface area (TPSA) is 81.9 Å². The molecule has 0 unspecified atom stereocenters. The smallest absolute Gasteiger partial charge is 0.234 e. The minimum Gasteiger partial charge on any atom is -0.495 e. The zero-order valence-electron chi connectivity index (χ0n) is 18.6. The summed E-state index contributed by atoms with van der Waals surface area (Å²) >= 11 is 2.91. The lowest BCUT2D eigenvalue weighted by Crippen LogP contribution is -2.15. The third kappa shape index (κ3) is 4.40. The monoisotopic (exact) mass is 487 g/mol. The van der Waals surface area contributed by atoms with Crippen molar-refractivity contribution in [1.82, 2.24) is 19.7 Å². The number of pyridine rings is 1. The highest BCUT2D eigenvalue weighted by Gasteiger charge is 2.20. The largest absolute Gasteiger partial charge is 0.495 e. The zero-order chi connectivity index (χ0) is 23.5. The van der Waals surface area contributed by atoms with Gasteiger partial charge in [0, 0.05) is 11.1 Å². The number of aryl methyl sites for hydroxylation is 1. The molecule has 7 nitrogen and oxygen atoms in total. The number of aromatic nitrogens is 4. The summed E-state index contributed by atoms with van der Waals surface area (Å²) in [5.41, 5.74) is 3.26. The maximum atomic E-state index is 12.9. The predicted octanol–water partition coefficient (Wildman–Crippen LogP) is 5.59. The Balaban J connectivity index is 1.43. The number of thiophene rings is 1. The van der Waals surface area contributed by atoms with E-state index in [0.717, 1.165) is 32.8 Å². The van der Waals surface area contributed by atoms with Gasteiger partial charge in [-0.2, -0.15) is 0 Å².